The molecule has 0 unspecified atom stereocenters. The summed E-state index contributed by atoms with van der Waals surface area (Å²) in [6.07, 6.45) is 1.64. The highest BCUT2D eigenvalue weighted by atomic mass is 32.2. The number of carbonyl (C=O) groups excluding carboxylic acids is 1. The second-order valence-corrected chi connectivity index (χ2v) is 8.33. The predicted molar refractivity (Wildman–Crippen MR) is 91.8 cm³/mol. The summed E-state index contributed by atoms with van der Waals surface area (Å²) in [5.41, 5.74) is 0.446. The molecule has 0 amide bonds. The topological polar surface area (TPSA) is 99.4 Å². The molecule has 25 heavy (non-hydrogen) atoms. The first-order valence-corrected chi connectivity index (χ1v) is 9.48. The summed E-state index contributed by atoms with van der Waals surface area (Å²) < 4.78 is 35.5. The zero-order chi connectivity index (χ0) is 18.4. The van der Waals surface area contributed by atoms with Gasteiger partial charge in [-0.3, -0.25) is 13.9 Å². The Bertz CT molecular complexity index is 999. The highest BCUT2D eigenvalue weighted by molar-refractivity contribution is 7.89. The molecule has 1 aromatic heterocycles. The number of rotatable bonds is 6. The maximum Gasteiger partial charge on any atom is 0.328 e. The van der Waals surface area contributed by atoms with Gasteiger partial charge < -0.3 is 4.74 Å². The van der Waals surface area contributed by atoms with Gasteiger partial charge in [-0.05, 0) is 38.0 Å². The lowest BCUT2D eigenvalue weighted by molar-refractivity contribution is -0.141. The van der Waals surface area contributed by atoms with Crippen molar-refractivity contribution >= 4 is 27.0 Å². The highest BCUT2D eigenvalue weighted by Gasteiger charge is 2.41. The van der Waals surface area contributed by atoms with E-state index in [-0.39, 0.29) is 29.3 Å². The number of benzene rings is 1. The average Bonchev–Trinajstić information content (AvgIpc) is 3.19. The quantitative estimate of drug-likeness (QED) is 0.759. The van der Waals surface area contributed by atoms with E-state index in [0.29, 0.717) is 11.0 Å². The minimum Gasteiger partial charge on any atom is -0.464 e. The zero-order valence-corrected chi connectivity index (χ0v) is 15.2. The van der Waals surface area contributed by atoms with Gasteiger partial charge in [0.05, 0.1) is 22.5 Å². The number of esters is 1. The fourth-order valence-electron chi connectivity index (χ4n) is 2.72. The molecule has 9 heteroatoms. The number of nitrogens with one attached hydrogen (secondary N) is 1. The van der Waals surface area contributed by atoms with Crippen LogP contribution in [-0.4, -0.2) is 35.7 Å². The lowest BCUT2D eigenvalue weighted by Crippen LogP contribution is -2.34. The maximum atomic E-state index is 12.5. The maximum absolute atomic E-state index is 12.5. The van der Waals surface area contributed by atoms with Crippen molar-refractivity contribution in [3.05, 3.63) is 28.7 Å². The Morgan fingerprint density at radius 3 is 2.60 bits per heavy atom. The molecule has 0 atom stereocenters. The number of carbonyl (C=O) groups is 1. The molecule has 0 radical (unpaired) electrons. The van der Waals surface area contributed by atoms with Crippen LogP contribution in [0.25, 0.3) is 11.0 Å². The van der Waals surface area contributed by atoms with E-state index in [9.17, 15) is 18.0 Å². The highest BCUT2D eigenvalue weighted by Crippen LogP contribution is 2.36. The summed E-state index contributed by atoms with van der Waals surface area (Å²) in [5.74, 6) is -0.415. The molecule has 1 N–H and O–H groups in total. The van der Waals surface area contributed by atoms with Gasteiger partial charge in [-0.25, -0.2) is 17.9 Å². The van der Waals surface area contributed by atoms with Crippen molar-refractivity contribution < 1.29 is 17.9 Å². The Hall–Kier alpha value is -2.13. The Balaban J connectivity index is 1.97. The summed E-state index contributed by atoms with van der Waals surface area (Å²) in [6.45, 7) is 3.45. The number of hydrogen-bond donors (Lipinski definition) is 1. The lowest BCUT2D eigenvalue weighted by Gasteiger charge is -2.12. The van der Waals surface area contributed by atoms with E-state index >= 15 is 0 Å². The summed E-state index contributed by atoms with van der Waals surface area (Å²) in [4.78, 5) is 23.4. The number of aromatic nitrogens is 2. The number of nitrogens with zero attached hydrogens (tertiary/aromatic N) is 2. The molecular weight excluding hydrogens is 346 g/mol. The fourth-order valence-corrected chi connectivity index (χ4v) is 4.21. The van der Waals surface area contributed by atoms with Crippen LogP contribution >= 0.6 is 0 Å². The van der Waals surface area contributed by atoms with Crippen molar-refractivity contribution in [3.8, 4) is 0 Å². The van der Waals surface area contributed by atoms with Crippen LogP contribution in [0.4, 0.5) is 0 Å². The molecule has 3 rings (SSSR count). The number of sulfonamides is 1. The molecule has 1 aromatic carbocycles. The van der Waals surface area contributed by atoms with Gasteiger partial charge in [-0.15, -0.1) is 0 Å². The summed E-state index contributed by atoms with van der Waals surface area (Å²) in [5, 5.41) is 0. The first-order valence-electron chi connectivity index (χ1n) is 8.00. The van der Waals surface area contributed by atoms with Gasteiger partial charge >= 0.3 is 11.7 Å². The molecule has 0 bridgehead atoms. The molecule has 8 nitrogen and oxygen atoms in total. The van der Waals surface area contributed by atoms with E-state index in [1.54, 1.807) is 13.1 Å². The monoisotopic (exact) mass is 367 g/mol. The van der Waals surface area contributed by atoms with E-state index < -0.39 is 16.0 Å². The van der Waals surface area contributed by atoms with Gasteiger partial charge in [0.15, 0.2) is 0 Å². The van der Waals surface area contributed by atoms with Crippen LogP contribution in [-0.2, 0) is 33.1 Å². The van der Waals surface area contributed by atoms with Crippen LogP contribution in [0.1, 0.15) is 26.7 Å². The molecule has 1 heterocycles. The van der Waals surface area contributed by atoms with E-state index in [1.165, 1.54) is 28.2 Å². The minimum absolute atomic E-state index is 0.0777. The number of ether oxygens (including phenoxy) is 1. The van der Waals surface area contributed by atoms with Crippen molar-refractivity contribution in [1.82, 2.24) is 13.9 Å². The Labute approximate surface area is 145 Å². The predicted octanol–water partition coefficient (Wildman–Crippen LogP) is 0.734. The van der Waals surface area contributed by atoms with Gasteiger partial charge in [0.25, 0.3) is 0 Å². The molecule has 0 saturated heterocycles. The molecule has 1 saturated carbocycles. The first kappa shape index (κ1) is 17.7. The molecule has 1 aliphatic carbocycles. The van der Waals surface area contributed by atoms with Crippen molar-refractivity contribution in [1.29, 1.82) is 0 Å². The number of hydrogen-bond acceptors (Lipinski definition) is 5. The summed E-state index contributed by atoms with van der Waals surface area (Å²) >= 11 is 0. The van der Waals surface area contributed by atoms with Crippen molar-refractivity contribution in [2.75, 3.05) is 6.61 Å². The largest absolute Gasteiger partial charge is 0.464 e. The second-order valence-electron chi connectivity index (χ2n) is 6.65. The molecular formula is C16H21N3O5S. The second kappa shape index (κ2) is 5.99. The molecule has 2 aromatic rings. The summed E-state index contributed by atoms with van der Waals surface area (Å²) in [6, 6.07) is 4.58. The standard InChI is InChI=1S/C16H21N3O5S/c1-11(20)24-9-8-19-13-5-4-12(10-14(13)18(3)15(19)21)25(22,23)17-16(2)6-7-16/h4-5,10,17H,6-9H2,1-3H3. The summed E-state index contributed by atoms with van der Waals surface area (Å²) in [7, 11) is -2.06. The zero-order valence-electron chi connectivity index (χ0n) is 14.4. The van der Waals surface area contributed by atoms with Crippen LogP contribution in [0.15, 0.2) is 27.9 Å². The van der Waals surface area contributed by atoms with E-state index in [4.69, 9.17) is 4.74 Å². The Morgan fingerprint density at radius 2 is 2.00 bits per heavy atom. The molecule has 1 aliphatic rings. The normalized spacial score (nSPS) is 16.1. The Kier molecular flexibility index (Phi) is 4.24. The number of fused-ring (bicyclic) bond motifs is 1. The van der Waals surface area contributed by atoms with Crippen LogP contribution < -0.4 is 10.4 Å². The Morgan fingerprint density at radius 1 is 1.32 bits per heavy atom. The van der Waals surface area contributed by atoms with E-state index in [2.05, 4.69) is 4.72 Å². The number of imidazole rings is 1. The molecule has 1 fully saturated rings. The average molecular weight is 367 g/mol. The van der Waals surface area contributed by atoms with Gasteiger partial charge in [0.2, 0.25) is 10.0 Å². The van der Waals surface area contributed by atoms with Gasteiger partial charge in [-0.1, -0.05) is 0 Å². The SMILES string of the molecule is CC(=O)OCCn1c(=O)n(C)c2cc(S(=O)(=O)NC3(C)CC3)ccc21. The third-order valence-corrected chi connectivity index (χ3v) is 6.06. The molecule has 0 aliphatic heterocycles. The smallest absolute Gasteiger partial charge is 0.328 e. The van der Waals surface area contributed by atoms with Gasteiger partial charge in [0, 0.05) is 19.5 Å². The van der Waals surface area contributed by atoms with Crippen LogP contribution in [0.2, 0.25) is 0 Å². The third-order valence-electron chi connectivity index (χ3n) is 4.43. The third kappa shape index (κ3) is 3.47. The van der Waals surface area contributed by atoms with Crippen molar-refractivity contribution in [3.63, 3.8) is 0 Å². The molecule has 0 spiro atoms. The van der Waals surface area contributed by atoms with Gasteiger partial charge in [0.1, 0.15) is 6.61 Å². The van der Waals surface area contributed by atoms with E-state index in [1.807, 2.05) is 6.92 Å². The van der Waals surface area contributed by atoms with Crippen LogP contribution in [0.5, 0.6) is 0 Å². The minimum atomic E-state index is -3.64. The first-order chi connectivity index (χ1) is 11.6. The van der Waals surface area contributed by atoms with E-state index in [0.717, 1.165) is 12.8 Å². The van der Waals surface area contributed by atoms with Crippen LogP contribution in [0, 0.1) is 0 Å². The van der Waals surface area contributed by atoms with Crippen LogP contribution in [0.3, 0.4) is 0 Å². The van der Waals surface area contributed by atoms with Gasteiger partial charge in [-0.2, -0.15) is 0 Å². The lowest BCUT2D eigenvalue weighted by atomic mass is 10.3. The van der Waals surface area contributed by atoms with Crippen molar-refractivity contribution in [2.24, 2.45) is 7.05 Å². The fraction of sp³-hybridized carbons (Fsp3) is 0.500. The molecule has 136 valence electrons. The number of aryl methyl sites for hydroxylation is 1. The van der Waals surface area contributed by atoms with Crippen molar-refractivity contribution in [2.45, 2.75) is 43.7 Å².